The molecule has 1 heterocycles. The van der Waals surface area contributed by atoms with Gasteiger partial charge in [-0.05, 0) is 12.2 Å². The molecule has 0 amide bonds. The highest BCUT2D eigenvalue weighted by atomic mass is 14.6. The average molecular weight is 104 g/mol. The van der Waals surface area contributed by atoms with Crippen molar-refractivity contribution in [3.63, 3.8) is 0 Å². The maximum atomic E-state index is 3.76. The molecule has 0 unspecified atom stereocenters. The minimum absolute atomic E-state index is 1.69. The first-order chi connectivity index (χ1) is 4.00. The minimum atomic E-state index is 1.69. The van der Waals surface area contributed by atoms with E-state index < -0.39 is 0 Å². The smallest absolute Gasteiger partial charge is 0.0886 e. The lowest BCUT2D eigenvalue weighted by Crippen LogP contribution is -1.63. The molecule has 0 atom stereocenters. The molecule has 0 saturated carbocycles. The van der Waals surface area contributed by atoms with Crippen LogP contribution in [0.2, 0.25) is 0 Å². The molecule has 1 aliphatic rings. The Bertz CT molecular complexity index is 105. The third kappa shape index (κ3) is 1.56. The van der Waals surface area contributed by atoms with Crippen LogP contribution in [0.15, 0.2) is 41.6 Å². The van der Waals surface area contributed by atoms with E-state index in [4.69, 9.17) is 0 Å². The number of allylic oxidation sites excluding steroid dienone is 5. The standard InChI is InChI=1S/C7H6N/c1-2-4-6-8-7-5-3-1/h1-6H/b2-1-,3-1?,4-2?,5-3-,6-4-,7-5?,8-6?,8-7?. The molecule has 0 N–H and O–H groups in total. The summed E-state index contributed by atoms with van der Waals surface area (Å²) in [6.45, 7) is 0. The largest absolute Gasteiger partial charge is 0.255 e. The molecule has 0 fully saturated rings. The van der Waals surface area contributed by atoms with Gasteiger partial charge in [0.2, 0.25) is 0 Å². The summed E-state index contributed by atoms with van der Waals surface area (Å²) in [4.78, 5) is 3.76. The minimum Gasteiger partial charge on any atom is -0.255 e. The number of hydrogen-bond acceptors (Lipinski definition) is 1. The molecule has 0 bridgehead atoms. The number of aliphatic imine (C=N–C) groups is 1. The van der Waals surface area contributed by atoms with Crippen molar-refractivity contribution in [3.05, 3.63) is 36.6 Å². The van der Waals surface area contributed by atoms with Gasteiger partial charge in [0, 0.05) is 6.20 Å². The van der Waals surface area contributed by atoms with E-state index in [1.165, 1.54) is 0 Å². The van der Waals surface area contributed by atoms with E-state index in [2.05, 4.69) is 11.2 Å². The van der Waals surface area contributed by atoms with Crippen molar-refractivity contribution in [1.29, 1.82) is 0 Å². The zero-order valence-electron chi connectivity index (χ0n) is 4.41. The van der Waals surface area contributed by atoms with Gasteiger partial charge in [0.05, 0.1) is 6.21 Å². The molecule has 0 spiro atoms. The fourth-order valence-electron chi connectivity index (χ4n) is 0.406. The van der Waals surface area contributed by atoms with Crippen LogP contribution in [0.4, 0.5) is 0 Å². The van der Waals surface area contributed by atoms with Crippen LogP contribution in [0.3, 0.4) is 0 Å². The lowest BCUT2D eigenvalue weighted by molar-refractivity contribution is 1.58. The van der Waals surface area contributed by atoms with Crippen molar-refractivity contribution in [1.82, 2.24) is 0 Å². The topological polar surface area (TPSA) is 12.4 Å². The Balaban J connectivity index is 2.67. The molecule has 1 nitrogen and oxygen atoms in total. The van der Waals surface area contributed by atoms with E-state index >= 15 is 0 Å². The number of nitrogens with zero attached hydrogens (tertiary/aromatic N) is 1. The van der Waals surface area contributed by atoms with Crippen LogP contribution in [0, 0.1) is 0 Å². The molecular weight excluding hydrogens is 98.1 g/mol. The van der Waals surface area contributed by atoms with E-state index in [9.17, 15) is 0 Å². The third-order valence-corrected chi connectivity index (χ3v) is 0.739. The van der Waals surface area contributed by atoms with Gasteiger partial charge >= 0.3 is 0 Å². The molecule has 0 saturated heterocycles. The maximum absolute atomic E-state index is 3.76. The highest BCUT2D eigenvalue weighted by molar-refractivity contribution is 5.72. The van der Waals surface area contributed by atoms with Gasteiger partial charge < -0.3 is 0 Å². The molecule has 1 heteroatoms. The van der Waals surface area contributed by atoms with Crippen molar-refractivity contribution >= 4 is 6.21 Å². The second-order valence-electron chi connectivity index (χ2n) is 1.34. The molecule has 0 aromatic rings. The maximum Gasteiger partial charge on any atom is 0.0886 e. The first-order valence-electron chi connectivity index (χ1n) is 2.44. The van der Waals surface area contributed by atoms with Gasteiger partial charge in [0.25, 0.3) is 0 Å². The van der Waals surface area contributed by atoms with Crippen LogP contribution in [0.25, 0.3) is 0 Å². The lowest BCUT2D eigenvalue weighted by Gasteiger charge is -1.76. The van der Waals surface area contributed by atoms with Crippen LogP contribution in [-0.4, -0.2) is 6.21 Å². The Kier molecular flexibility index (Phi) is 1.87. The molecule has 1 rings (SSSR count). The quantitative estimate of drug-likeness (QED) is 0.442. The molecule has 39 valence electrons. The summed E-state index contributed by atoms with van der Waals surface area (Å²) in [6.07, 6.45) is 13.7. The van der Waals surface area contributed by atoms with E-state index in [-0.39, 0.29) is 0 Å². The lowest BCUT2D eigenvalue weighted by atomic mass is 10.4. The summed E-state index contributed by atoms with van der Waals surface area (Å²) in [5.74, 6) is 0. The number of rotatable bonds is 0. The third-order valence-electron chi connectivity index (χ3n) is 0.739. The Hall–Kier alpha value is -1.11. The molecule has 1 radical (unpaired) electrons. The van der Waals surface area contributed by atoms with Gasteiger partial charge in [-0.25, -0.2) is 0 Å². The zero-order chi connectivity index (χ0) is 5.66. The summed E-state index contributed by atoms with van der Waals surface area (Å²) in [6, 6.07) is 0. The Morgan fingerprint density at radius 1 is 1.00 bits per heavy atom. The van der Waals surface area contributed by atoms with Gasteiger partial charge in [0.15, 0.2) is 0 Å². The molecule has 8 heavy (non-hydrogen) atoms. The fourth-order valence-corrected chi connectivity index (χ4v) is 0.406. The van der Waals surface area contributed by atoms with Crippen molar-refractivity contribution in [3.8, 4) is 0 Å². The van der Waals surface area contributed by atoms with Gasteiger partial charge in [-0.15, -0.1) is 0 Å². The van der Waals surface area contributed by atoms with Crippen molar-refractivity contribution in [2.24, 2.45) is 4.99 Å². The first-order valence-corrected chi connectivity index (χ1v) is 2.44. The molecular formula is C7H6N. The number of hydrogen-bond donors (Lipinski definition) is 0. The highest BCUT2D eigenvalue weighted by Crippen LogP contribution is 1.83. The van der Waals surface area contributed by atoms with E-state index in [1.54, 1.807) is 12.3 Å². The predicted molar refractivity (Wildman–Crippen MR) is 34.9 cm³/mol. The van der Waals surface area contributed by atoms with E-state index in [0.29, 0.717) is 0 Å². The predicted octanol–water partition coefficient (Wildman–Crippen LogP) is 1.57. The van der Waals surface area contributed by atoms with Crippen molar-refractivity contribution < 1.29 is 0 Å². The van der Waals surface area contributed by atoms with Crippen LogP contribution in [-0.2, 0) is 0 Å². The average Bonchev–Trinajstić information content (AvgIpc) is 1.62. The Morgan fingerprint density at radius 3 is 2.88 bits per heavy atom. The van der Waals surface area contributed by atoms with Gasteiger partial charge in [-0.2, -0.15) is 0 Å². The summed E-state index contributed by atoms with van der Waals surface area (Å²) in [5.41, 5.74) is 0. The van der Waals surface area contributed by atoms with Crippen molar-refractivity contribution in [2.75, 3.05) is 0 Å². The molecule has 0 aromatic carbocycles. The molecule has 0 aromatic heterocycles. The fraction of sp³-hybridized carbons (Fsp3) is 0. The van der Waals surface area contributed by atoms with Gasteiger partial charge in [-0.3, -0.25) is 4.99 Å². The Morgan fingerprint density at radius 2 is 1.88 bits per heavy atom. The summed E-state index contributed by atoms with van der Waals surface area (Å²) >= 11 is 0. The monoisotopic (exact) mass is 104 g/mol. The second-order valence-corrected chi connectivity index (χ2v) is 1.34. The van der Waals surface area contributed by atoms with Crippen LogP contribution in [0.1, 0.15) is 0 Å². The summed E-state index contributed by atoms with van der Waals surface area (Å²) in [5, 5.41) is 0. The van der Waals surface area contributed by atoms with Crippen LogP contribution >= 0.6 is 0 Å². The second kappa shape index (κ2) is 2.97. The first kappa shape index (κ1) is 5.04. The SMILES string of the molecule is [C]1=N\C=C/C=C\C=C/1. The highest BCUT2D eigenvalue weighted by Gasteiger charge is 1.67. The van der Waals surface area contributed by atoms with Crippen LogP contribution in [0.5, 0.6) is 0 Å². The van der Waals surface area contributed by atoms with Gasteiger partial charge in [-0.1, -0.05) is 18.2 Å². The Labute approximate surface area is 48.7 Å². The molecule has 1 aliphatic heterocycles. The normalized spacial score (nSPS) is 32.0. The molecule has 0 aliphatic carbocycles. The summed E-state index contributed by atoms with van der Waals surface area (Å²) < 4.78 is 0. The van der Waals surface area contributed by atoms with Gasteiger partial charge in [0.1, 0.15) is 0 Å². The van der Waals surface area contributed by atoms with Crippen molar-refractivity contribution in [2.45, 2.75) is 0 Å². The zero-order valence-corrected chi connectivity index (χ0v) is 4.41. The summed E-state index contributed by atoms with van der Waals surface area (Å²) in [7, 11) is 0. The van der Waals surface area contributed by atoms with Crippen LogP contribution < -0.4 is 0 Å². The van der Waals surface area contributed by atoms with E-state index in [1.807, 2.05) is 24.3 Å². The van der Waals surface area contributed by atoms with E-state index in [0.717, 1.165) is 0 Å².